The molecule has 110 valence electrons. The van der Waals surface area contributed by atoms with Gasteiger partial charge in [0.2, 0.25) is 0 Å². The summed E-state index contributed by atoms with van der Waals surface area (Å²) in [7, 11) is 0. The van der Waals surface area contributed by atoms with Gasteiger partial charge in [0.15, 0.2) is 0 Å². The van der Waals surface area contributed by atoms with Gasteiger partial charge in [-0.05, 0) is 26.0 Å². The number of furan rings is 1. The second kappa shape index (κ2) is 5.52. The monoisotopic (exact) mass is 287 g/mol. The molecule has 0 radical (unpaired) electrons. The molecule has 21 heavy (non-hydrogen) atoms. The summed E-state index contributed by atoms with van der Waals surface area (Å²) in [4.78, 5) is 12.1. The Hall–Kier alpha value is -2.43. The van der Waals surface area contributed by atoms with Crippen LogP contribution in [0.4, 0.5) is 5.69 Å². The summed E-state index contributed by atoms with van der Waals surface area (Å²) in [5.74, 6) is 1.22. The summed E-state index contributed by atoms with van der Waals surface area (Å²) >= 11 is 0. The molecule has 1 N–H and O–H groups in total. The molecule has 1 atom stereocenters. The number of carbonyl (C=O) groups is 1. The molecule has 0 aliphatic carbocycles. The van der Waals surface area contributed by atoms with E-state index in [9.17, 15) is 4.79 Å². The normalized spacial score (nSPS) is 16.2. The molecule has 1 aromatic heterocycles. The Morgan fingerprint density at radius 2 is 2.33 bits per heavy atom. The molecule has 5 nitrogen and oxygen atoms in total. The number of benzene rings is 1. The average Bonchev–Trinajstić information content (AvgIpc) is 3.07. The van der Waals surface area contributed by atoms with Gasteiger partial charge in [-0.1, -0.05) is 0 Å². The molecular formula is C16H17NO4. The van der Waals surface area contributed by atoms with E-state index in [1.165, 1.54) is 12.5 Å². The van der Waals surface area contributed by atoms with E-state index in [4.69, 9.17) is 13.9 Å². The van der Waals surface area contributed by atoms with Crippen LogP contribution in [0, 0.1) is 0 Å². The van der Waals surface area contributed by atoms with Crippen LogP contribution in [-0.4, -0.2) is 18.6 Å². The van der Waals surface area contributed by atoms with Crippen molar-refractivity contribution in [1.29, 1.82) is 0 Å². The first-order valence-electron chi connectivity index (χ1n) is 6.97. The van der Waals surface area contributed by atoms with Gasteiger partial charge in [-0.25, -0.2) is 0 Å². The predicted molar refractivity (Wildman–Crippen MR) is 78.1 cm³/mol. The van der Waals surface area contributed by atoms with Gasteiger partial charge in [0.05, 0.1) is 24.1 Å². The molecule has 1 amide bonds. The molecule has 1 aliphatic heterocycles. The van der Waals surface area contributed by atoms with Crippen molar-refractivity contribution in [3.05, 3.63) is 41.9 Å². The van der Waals surface area contributed by atoms with Crippen molar-refractivity contribution in [3.8, 4) is 11.5 Å². The Balaban J connectivity index is 1.90. The Kier molecular flexibility index (Phi) is 3.56. The number of amides is 1. The fourth-order valence-electron chi connectivity index (χ4n) is 2.40. The molecule has 0 spiro atoms. The summed E-state index contributed by atoms with van der Waals surface area (Å²) in [5, 5.41) is 2.84. The van der Waals surface area contributed by atoms with E-state index in [0.29, 0.717) is 23.6 Å². The third kappa shape index (κ3) is 2.72. The second-order valence-electron chi connectivity index (χ2n) is 4.99. The molecular weight excluding hydrogens is 270 g/mol. The van der Waals surface area contributed by atoms with E-state index >= 15 is 0 Å². The van der Waals surface area contributed by atoms with Crippen molar-refractivity contribution in [2.45, 2.75) is 26.4 Å². The summed E-state index contributed by atoms with van der Waals surface area (Å²) in [6.07, 6.45) is 3.87. The van der Waals surface area contributed by atoms with Crippen LogP contribution < -0.4 is 14.8 Å². The fourth-order valence-corrected chi connectivity index (χ4v) is 2.40. The SMILES string of the molecule is CCOc1cc2c(cc1NC(=O)c1ccoc1)O[C@@H](C)C2. The van der Waals surface area contributed by atoms with Crippen molar-refractivity contribution < 1.29 is 18.7 Å². The van der Waals surface area contributed by atoms with Gasteiger partial charge in [-0.2, -0.15) is 0 Å². The van der Waals surface area contributed by atoms with Crippen molar-refractivity contribution >= 4 is 11.6 Å². The number of anilines is 1. The van der Waals surface area contributed by atoms with Gasteiger partial charge >= 0.3 is 0 Å². The maximum absolute atomic E-state index is 12.1. The van der Waals surface area contributed by atoms with Crippen LogP contribution in [0.15, 0.2) is 35.1 Å². The Morgan fingerprint density at radius 1 is 1.48 bits per heavy atom. The van der Waals surface area contributed by atoms with E-state index < -0.39 is 0 Å². The number of nitrogens with one attached hydrogen (secondary N) is 1. The van der Waals surface area contributed by atoms with Crippen LogP contribution in [0.3, 0.4) is 0 Å². The Bertz CT molecular complexity index is 649. The highest BCUT2D eigenvalue weighted by Gasteiger charge is 2.22. The fraction of sp³-hybridized carbons (Fsp3) is 0.312. The Morgan fingerprint density at radius 3 is 3.05 bits per heavy atom. The predicted octanol–water partition coefficient (Wildman–Crippen LogP) is 3.25. The van der Waals surface area contributed by atoms with Gasteiger partial charge < -0.3 is 19.2 Å². The quantitative estimate of drug-likeness (QED) is 0.937. The van der Waals surface area contributed by atoms with Crippen molar-refractivity contribution in [1.82, 2.24) is 0 Å². The molecule has 0 saturated carbocycles. The molecule has 0 fully saturated rings. The van der Waals surface area contributed by atoms with Crippen LogP contribution in [0.1, 0.15) is 29.8 Å². The van der Waals surface area contributed by atoms with Crippen molar-refractivity contribution in [3.63, 3.8) is 0 Å². The van der Waals surface area contributed by atoms with Crippen LogP contribution in [0.25, 0.3) is 0 Å². The molecule has 5 heteroatoms. The van der Waals surface area contributed by atoms with Gasteiger partial charge in [0.1, 0.15) is 23.9 Å². The van der Waals surface area contributed by atoms with E-state index in [2.05, 4.69) is 5.32 Å². The summed E-state index contributed by atoms with van der Waals surface area (Å²) in [5.41, 5.74) is 2.18. The zero-order chi connectivity index (χ0) is 14.8. The maximum Gasteiger partial charge on any atom is 0.259 e. The van der Waals surface area contributed by atoms with Gasteiger partial charge in [0, 0.05) is 18.1 Å². The van der Waals surface area contributed by atoms with Crippen LogP contribution >= 0.6 is 0 Å². The van der Waals surface area contributed by atoms with Crippen LogP contribution in [-0.2, 0) is 6.42 Å². The molecule has 1 aromatic carbocycles. The first-order valence-corrected chi connectivity index (χ1v) is 6.97. The van der Waals surface area contributed by atoms with E-state index in [-0.39, 0.29) is 12.0 Å². The van der Waals surface area contributed by atoms with Gasteiger partial charge in [-0.3, -0.25) is 4.79 Å². The van der Waals surface area contributed by atoms with E-state index in [1.807, 2.05) is 26.0 Å². The summed E-state index contributed by atoms with van der Waals surface area (Å²) in [6, 6.07) is 5.37. The van der Waals surface area contributed by atoms with E-state index in [1.54, 1.807) is 6.07 Å². The van der Waals surface area contributed by atoms with Crippen LogP contribution in [0.5, 0.6) is 11.5 Å². The molecule has 0 saturated heterocycles. The second-order valence-corrected chi connectivity index (χ2v) is 4.99. The molecule has 2 aromatic rings. The number of fused-ring (bicyclic) bond motifs is 1. The third-order valence-corrected chi connectivity index (χ3v) is 3.33. The lowest BCUT2D eigenvalue weighted by molar-refractivity contribution is 0.102. The van der Waals surface area contributed by atoms with Gasteiger partial charge in [0.25, 0.3) is 5.91 Å². The standard InChI is InChI=1S/C16H17NO4/c1-3-20-15-7-12-6-10(2)21-14(12)8-13(15)17-16(18)11-4-5-19-9-11/h4-5,7-10H,3,6H2,1-2H3,(H,17,18)/t10-/m0/s1. The van der Waals surface area contributed by atoms with Gasteiger partial charge in [-0.15, -0.1) is 0 Å². The zero-order valence-corrected chi connectivity index (χ0v) is 12.0. The minimum absolute atomic E-state index is 0.148. The molecule has 2 heterocycles. The maximum atomic E-state index is 12.1. The average molecular weight is 287 g/mol. The van der Waals surface area contributed by atoms with E-state index in [0.717, 1.165) is 17.7 Å². The molecule has 0 bridgehead atoms. The third-order valence-electron chi connectivity index (χ3n) is 3.33. The van der Waals surface area contributed by atoms with Crippen molar-refractivity contribution in [2.24, 2.45) is 0 Å². The topological polar surface area (TPSA) is 60.7 Å². The summed E-state index contributed by atoms with van der Waals surface area (Å²) in [6.45, 7) is 4.46. The first-order chi connectivity index (χ1) is 10.2. The summed E-state index contributed by atoms with van der Waals surface area (Å²) < 4.78 is 16.3. The highest BCUT2D eigenvalue weighted by atomic mass is 16.5. The largest absolute Gasteiger partial charge is 0.492 e. The number of hydrogen-bond acceptors (Lipinski definition) is 4. The lowest BCUT2D eigenvalue weighted by Crippen LogP contribution is -2.12. The lowest BCUT2D eigenvalue weighted by Gasteiger charge is -2.13. The molecule has 0 unspecified atom stereocenters. The number of ether oxygens (including phenoxy) is 2. The van der Waals surface area contributed by atoms with Crippen molar-refractivity contribution in [2.75, 3.05) is 11.9 Å². The number of carbonyl (C=O) groups excluding carboxylic acids is 1. The molecule has 1 aliphatic rings. The number of hydrogen-bond donors (Lipinski definition) is 1. The molecule has 3 rings (SSSR count). The highest BCUT2D eigenvalue weighted by molar-refractivity contribution is 6.05. The number of rotatable bonds is 4. The minimum Gasteiger partial charge on any atom is -0.492 e. The smallest absolute Gasteiger partial charge is 0.259 e. The van der Waals surface area contributed by atoms with Crippen LogP contribution in [0.2, 0.25) is 0 Å². The first kappa shape index (κ1) is 13.5. The Labute approximate surface area is 122 Å². The lowest BCUT2D eigenvalue weighted by atomic mass is 10.1. The zero-order valence-electron chi connectivity index (χ0n) is 12.0. The highest BCUT2D eigenvalue weighted by Crippen LogP contribution is 2.38. The minimum atomic E-state index is -0.240.